The molecule has 5 aromatic rings. The Balaban J connectivity index is 1.34. The molecule has 1 N–H and O–H groups in total. The molecule has 0 saturated carbocycles. The van der Waals surface area contributed by atoms with Crippen LogP contribution in [0.2, 0.25) is 0 Å². The number of nitrogens with zero attached hydrogens (tertiary/aromatic N) is 6. The topological polar surface area (TPSA) is 102 Å². The monoisotopic (exact) mass is 511 g/mol. The lowest BCUT2D eigenvalue weighted by Crippen LogP contribution is -2.08. The molecule has 0 radical (unpaired) electrons. The minimum Gasteiger partial charge on any atom is -0.291 e. The number of hydrogen-bond acceptors (Lipinski definition) is 7. The van der Waals surface area contributed by atoms with Gasteiger partial charge in [0.15, 0.2) is 0 Å². The molecule has 0 amide bonds. The van der Waals surface area contributed by atoms with E-state index in [0.29, 0.717) is 24.6 Å². The van der Waals surface area contributed by atoms with Crippen LogP contribution in [0.25, 0.3) is 22.5 Å². The van der Waals surface area contributed by atoms with Crippen LogP contribution in [0.5, 0.6) is 0 Å². The van der Waals surface area contributed by atoms with E-state index in [1.807, 2.05) is 34.3 Å². The van der Waals surface area contributed by atoms with Gasteiger partial charge in [0.1, 0.15) is 5.82 Å². The number of aromatic nitrogens is 7. The number of benzene rings is 2. The summed E-state index contributed by atoms with van der Waals surface area (Å²) in [5.74, 6) is 1.76. The van der Waals surface area contributed by atoms with Crippen molar-refractivity contribution in [3.8, 4) is 22.5 Å². The van der Waals surface area contributed by atoms with Crippen LogP contribution in [-0.2, 0) is 19.4 Å². The molecule has 3 aromatic heterocycles. The molecule has 0 aliphatic rings. The maximum Gasteiger partial charge on any atom is 0.217 e. The molecule has 3 heterocycles. The first kappa shape index (κ1) is 24.7. The van der Waals surface area contributed by atoms with Crippen molar-refractivity contribution in [1.82, 2.24) is 35.4 Å². The Morgan fingerprint density at radius 2 is 1.81 bits per heavy atom. The highest BCUT2D eigenvalue weighted by molar-refractivity contribution is 7.09. The van der Waals surface area contributed by atoms with Gasteiger partial charge in [-0.05, 0) is 46.2 Å². The second kappa shape index (κ2) is 11.8. The number of unbranched alkanes of at least 4 members (excludes halogenated alkanes) is 2. The second-order valence-electron chi connectivity index (χ2n) is 8.95. The van der Waals surface area contributed by atoms with E-state index in [1.165, 1.54) is 4.88 Å². The Kier molecular flexibility index (Phi) is 7.90. The maximum atomic E-state index is 12.9. The highest BCUT2D eigenvalue weighted by atomic mass is 32.1. The largest absolute Gasteiger partial charge is 0.291 e. The molecule has 8 nitrogen and oxygen atoms in total. The van der Waals surface area contributed by atoms with Crippen LogP contribution in [-0.4, -0.2) is 41.2 Å². The van der Waals surface area contributed by atoms with Gasteiger partial charge >= 0.3 is 0 Å². The number of rotatable bonds is 12. The van der Waals surface area contributed by atoms with Gasteiger partial charge in [-0.15, -0.1) is 26.6 Å². The van der Waals surface area contributed by atoms with Gasteiger partial charge in [0.2, 0.25) is 17.4 Å². The molecule has 0 bridgehead atoms. The first-order valence-corrected chi connectivity index (χ1v) is 13.5. The first-order chi connectivity index (χ1) is 18.2. The van der Waals surface area contributed by atoms with E-state index in [4.69, 9.17) is 0 Å². The Bertz CT molecular complexity index is 1420. The van der Waals surface area contributed by atoms with Crippen molar-refractivity contribution in [3.63, 3.8) is 0 Å². The zero-order chi connectivity index (χ0) is 25.5. The van der Waals surface area contributed by atoms with Crippen molar-refractivity contribution in [3.05, 3.63) is 88.1 Å². The summed E-state index contributed by atoms with van der Waals surface area (Å²) in [4.78, 5) is 18.7. The van der Waals surface area contributed by atoms with Crippen LogP contribution in [0, 0.1) is 0 Å². The zero-order valence-corrected chi connectivity index (χ0v) is 21.6. The predicted molar refractivity (Wildman–Crippen MR) is 144 cm³/mol. The molecule has 5 rings (SSSR count). The number of carbonyl (C=O) groups excluding carboxylic acids is 1. The highest BCUT2D eigenvalue weighted by Gasteiger charge is 2.17. The molecule has 0 fully saturated rings. The van der Waals surface area contributed by atoms with E-state index in [-0.39, 0.29) is 5.78 Å². The number of ketones is 1. The molecule has 0 aliphatic heterocycles. The summed E-state index contributed by atoms with van der Waals surface area (Å²) in [7, 11) is 0. The number of tetrazole rings is 1. The summed E-state index contributed by atoms with van der Waals surface area (Å²) >= 11 is 1.67. The van der Waals surface area contributed by atoms with Crippen molar-refractivity contribution in [2.75, 3.05) is 0 Å². The van der Waals surface area contributed by atoms with E-state index in [1.54, 1.807) is 11.3 Å². The Morgan fingerprint density at radius 1 is 0.973 bits per heavy atom. The molecule has 2 aromatic carbocycles. The number of thiophene rings is 1. The average molecular weight is 512 g/mol. The van der Waals surface area contributed by atoms with Crippen LogP contribution >= 0.6 is 11.3 Å². The summed E-state index contributed by atoms with van der Waals surface area (Å²) in [6, 6.07) is 20.5. The lowest BCUT2D eigenvalue weighted by molar-refractivity contribution is 0.0973. The van der Waals surface area contributed by atoms with E-state index < -0.39 is 0 Å². The number of aromatic amines is 1. The van der Waals surface area contributed by atoms with Crippen LogP contribution in [0.3, 0.4) is 0 Å². The van der Waals surface area contributed by atoms with Gasteiger partial charge in [-0.3, -0.25) is 4.79 Å². The number of nitrogens with one attached hydrogen (secondary N) is 1. The van der Waals surface area contributed by atoms with Crippen molar-refractivity contribution >= 4 is 17.1 Å². The van der Waals surface area contributed by atoms with Gasteiger partial charge in [0, 0.05) is 23.3 Å². The van der Waals surface area contributed by atoms with Crippen LogP contribution in [0.15, 0.2) is 66.0 Å². The lowest BCUT2D eigenvalue weighted by atomic mass is 9.98. The third kappa shape index (κ3) is 6.06. The van der Waals surface area contributed by atoms with Crippen molar-refractivity contribution in [1.29, 1.82) is 0 Å². The number of aryl methyl sites for hydroxylation is 2. The van der Waals surface area contributed by atoms with Gasteiger partial charge in [-0.25, -0.2) is 9.67 Å². The standard InChI is InChI=1S/C28H29N7OS/c1-2-3-4-11-26-29-28(25(36)17-16-22-8-7-18-37-22)32-35(26)19-20-12-14-21(15-13-20)23-9-5-6-10-24(23)27-30-33-34-31-27/h5-10,12-15,18H,2-4,11,16-17,19H2,1H3,(H,30,31,33,34). The van der Waals surface area contributed by atoms with E-state index in [9.17, 15) is 4.79 Å². The molecule has 0 aliphatic carbocycles. The number of Topliss-reactive ketones (excluding diaryl/α,β-unsaturated/α-hetero) is 1. The summed E-state index contributed by atoms with van der Waals surface area (Å²) < 4.78 is 1.90. The number of carbonyl (C=O) groups is 1. The number of H-pyrrole nitrogens is 1. The Labute approximate surface area is 219 Å². The maximum absolute atomic E-state index is 12.9. The Morgan fingerprint density at radius 3 is 2.54 bits per heavy atom. The summed E-state index contributed by atoms with van der Waals surface area (Å²) in [6.07, 6.45) is 5.26. The molecule has 188 valence electrons. The Hall–Kier alpha value is -3.98. The van der Waals surface area contributed by atoms with Crippen molar-refractivity contribution in [2.45, 2.75) is 52.0 Å². The van der Waals surface area contributed by atoms with Gasteiger partial charge in [0.05, 0.1) is 6.54 Å². The lowest BCUT2D eigenvalue weighted by Gasteiger charge is -2.09. The molecule has 0 unspecified atom stereocenters. The van der Waals surface area contributed by atoms with Gasteiger partial charge in [-0.1, -0.05) is 74.4 Å². The van der Waals surface area contributed by atoms with Gasteiger partial charge < -0.3 is 0 Å². The fourth-order valence-corrected chi connectivity index (χ4v) is 5.02. The first-order valence-electron chi connectivity index (χ1n) is 12.6. The smallest absolute Gasteiger partial charge is 0.217 e. The minimum atomic E-state index is -0.00249. The molecule has 37 heavy (non-hydrogen) atoms. The molecule has 9 heteroatoms. The van der Waals surface area contributed by atoms with Crippen LogP contribution in [0.4, 0.5) is 0 Å². The molecular weight excluding hydrogens is 482 g/mol. The zero-order valence-electron chi connectivity index (χ0n) is 20.8. The second-order valence-corrected chi connectivity index (χ2v) is 9.98. The van der Waals surface area contributed by atoms with Gasteiger partial charge in [-0.2, -0.15) is 5.21 Å². The average Bonchev–Trinajstić information content (AvgIpc) is 3.71. The SMILES string of the molecule is CCCCCc1nc(C(=O)CCc2cccs2)nn1Cc1ccc(-c2ccccc2-c2nn[nH]n2)cc1. The highest BCUT2D eigenvalue weighted by Crippen LogP contribution is 2.29. The summed E-state index contributed by atoms with van der Waals surface area (Å²) in [5, 5.41) is 21.2. The van der Waals surface area contributed by atoms with Crippen LogP contribution < -0.4 is 0 Å². The molecule has 0 spiro atoms. The fourth-order valence-electron chi connectivity index (χ4n) is 4.31. The molecular formula is C28H29N7OS. The quantitative estimate of drug-likeness (QED) is 0.168. The fraction of sp³-hybridized carbons (Fsp3) is 0.286. The predicted octanol–water partition coefficient (Wildman–Crippen LogP) is 5.78. The third-order valence-electron chi connectivity index (χ3n) is 6.29. The minimum absolute atomic E-state index is 0.00249. The van der Waals surface area contributed by atoms with Crippen LogP contribution in [0.1, 0.15) is 59.5 Å². The van der Waals surface area contributed by atoms with Crippen molar-refractivity contribution < 1.29 is 4.79 Å². The van der Waals surface area contributed by atoms with E-state index >= 15 is 0 Å². The normalized spacial score (nSPS) is 11.2. The summed E-state index contributed by atoms with van der Waals surface area (Å²) in [6.45, 7) is 2.75. The molecule has 0 atom stereocenters. The number of hydrogen-bond donors (Lipinski definition) is 1. The molecule has 0 saturated heterocycles. The van der Waals surface area contributed by atoms with E-state index in [0.717, 1.165) is 60.2 Å². The van der Waals surface area contributed by atoms with E-state index in [2.05, 4.69) is 74.0 Å². The van der Waals surface area contributed by atoms with Crippen molar-refractivity contribution in [2.24, 2.45) is 0 Å². The summed E-state index contributed by atoms with van der Waals surface area (Å²) in [5.41, 5.74) is 4.12. The van der Waals surface area contributed by atoms with Gasteiger partial charge in [0.25, 0.3) is 0 Å². The third-order valence-corrected chi connectivity index (χ3v) is 7.23.